The number of anilines is 3. The van der Waals surface area contributed by atoms with Crippen molar-refractivity contribution in [3.05, 3.63) is 59.2 Å². The number of hydrogen-bond donors (Lipinski definition) is 2. The van der Waals surface area contributed by atoms with Crippen molar-refractivity contribution in [3.63, 3.8) is 0 Å². The molecular formula is C22H19N5OS. The van der Waals surface area contributed by atoms with Crippen LogP contribution in [0.25, 0.3) is 21.6 Å². The van der Waals surface area contributed by atoms with Gasteiger partial charge in [-0.25, -0.2) is 9.97 Å². The molecule has 144 valence electrons. The second-order valence-electron chi connectivity index (χ2n) is 7.06. The second-order valence-corrected chi connectivity index (χ2v) is 8.14. The van der Waals surface area contributed by atoms with Crippen LogP contribution in [0.3, 0.4) is 0 Å². The van der Waals surface area contributed by atoms with E-state index in [9.17, 15) is 4.79 Å². The van der Waals surface area contributed by atoms with Crippen LogP contribution in [0.15, 0.2) is 48.8 Å². The highest BCUT2D eigenvalue weighted by molar-refractivity contribution is 7.19. The number of aryl methyl sites for hydroxylation is 2. The van der Waals surface area contributed by atoms with Gasteiger partial charge in [0.1, 0.15) is 10.6 Å². The fourth-order valence-electron chi connectivity index (χ4n) is 3.69. The van der Waals surface area contributed by atoms with Gasteiger partial charge >= 0.3 is 0 Å². The quantitative estimate of drug-likeness (QED) is 0.506. The maximum atomic E-state index is 11.2. The predicted octanol–water partition coefficient (Wildman–Crippen LogP) is 4.94. The molecule has 2 N–H and O–H groups in total. The number of carbonyl (C=O) groups is 1. The maximum Gasteiger partial charge on any atom is 0.221 e. The monoisotopic (exact) mass is 401 g/mol. The Balaban J connectivity index is 1.58. The summed E-state index contributed by atoms with van der Waals surface area (Å²) in [6.45, 7) is 1.50. The number of benzene rings is 1. The Bertz CT molecular complexity index is 1200. The van der Waals surface area contributed by atoms with E-state index in [2.05, 4.69) is 15.6 Å². The first kappa shape index (κ1) is 17.8. The summed E-state index contributed by atoms with van der Waals surface area (Å²) >= 11 is 1.77. The minimum absolute atomic E-state index is 0.0850. The van der Waals surface area contributed by atoms with Gasteiger partial charge in [0.05, 0.1) is 5.39 Å². The maximum absolute atomic E-state index is 11.2. The molecule has 0 unspecified atom stereocenters. The zero-order chi connectivity index (χ0) is 19.8. The van der Waals surface area contributed by atoms with Crippen LogP contribution in [0, 0.1) is 0 Å². The highest BCUT2D eigenvalue weighted by Crippen LogP contribution is 2.41. The number of nitrogens with zero attached hydrogens (tertiary/aromatic N) is 3. The van der Waals surface area contributed by atoms with E-state index in [0.29, 0.717) is 5.82 Å². The molecule has 1 aliphatic carbocycles. The van der Waals surface area contributed by atoms with E-state index in [1.165, 1.54) is 23.8 Å². The van der Waals surface area contributed by atoms with Crippen molar-refractivity contribution in [2.45, 2.75) is 26.2 Å². The van der Waals surface area contributed by atoms with Crippen molar-refractivity contribution >= 4 is 44.7 Å². The average molecular weight is 401 g/mol. The minimum Gasteiger partial charge on any atom is -0.340 e. The van der Waals surface area contributed by atoms with E-state index >= 15 is 0 Å². The first-order valence-electron chi connectivity index (χ1n) is 9.55. The summed E-state index contributed by atoms with van der Waals surface area (Å²) in [6, 6.07) is 11.5. The van der Waals surface area contributed by atoms with Gasteiger partial charge in [-0.05, 0) is 61.2 Å². The third kappa shape index (κ3) is 3.45. The van der Waals surface area contributed by atoms with Crippen molar-refractivity contribution in [1.29, 1.82) is 0 Å². The molecule has 0 saturated heterocycles. The second kappa shape index (κ2) is 7.25. The fraction of sp³-hybridized carbons (Fsp3) is 0.182. The highest BCUT2D eigenvalue weighted by atomic mass is 32.1. The molecule has 1 amide bonds. The van der Waals surface area contributed by atoms with Crippen LogP contribution >= 0.6 is 11.3 Å². The Morgan fingerprint density at radius 3 is 2.66 bits per heavy atom. The van der Waals surface area contributed by atoms with Crippen molar-refractivity contribution in [2.24, 2.45) is 0 Å². The van der Waals surface area contributed by atoms with E-state index in [1.54, 1.807) is 23.7 Å². The van der Waals surface area contributed by atoms with Crippen molar-refractivity contribution in [3.8, 4) is 11.4 Å². The van der Waals surface area contributed by atoms with Gasteiger partial charge in [0.2, 0.25) is 5.91 Å². The SMILES string of the molecule is CC(=O)Nc1ccc(Nc2nc(-c3cccnc3)nc3sc4c(c23)CCC4)cc1. The first-order chi connectivity index (χ1) is 14.2. The zero-order valence-corrected chi connectivity index (χ0v) is 16.7. The number of carbonyl (C=O) groups excluding carboxylic acids is 1. The summed E-state index contributed by atoms with van der Waals surface area (Å²) in [5.41, 5.74) is 3.95. The smallest absolute Gasteiger partial charge is 0.221 e. The number of fused-ring (bicyclic) bond motifs is 3. The third-order valence-corrected chi connectivity index (χ3v) is 6.14. The molecule has 1 aliphatic rings. The minimum atomic E-state index is -0.0850. The molecule has 1 aromatic carbocycles. The summed E-state index contributed by atoms with van der Waals surface area (Å²) in [4.78, 5) is 27.6. The van der Waals surface area contributed by atoms with Gasteiger partial charge in [0.15, 0.2) is 5.82 Å². The molecule has 0 radical (unpaired) electrons. The largest absolute Gasteiger partial charge is 0.340 e. The summed E-state index contributed by atoms with van der Waals surface area (Å²) in [5, 5.41) is 7.39. The van der Waals surface area contributed by atoms with Crippen LogP contribution in [-0.4, -0.2) is 20.9 Å². The lowest BCUT2D eigenvalue weighted by molar-refractivity contribution is -0.114. The molecule has 5 rings (SSSR count). The molecule has 29 heavy (non-hydrogen) atoms. The summed E-state index contributed by atoms with van der Waals surface area (Å²) in [6.07, 6.45) is 6.91. The number of aromatic nitrogens is 3. The molecule has 3 aromatic heterocycles. The van der Waals surface area contributed by atoms with Crippen LogP contribution in [-0.2, 0) is 17.6 Å². The van der Waals surface area contributed by atoms with Gasteiger partial charge in [-0.1, -0.05) is 0 Å². The Hall–Kier alpha value is -3.32. The molecule has 0 fully saturated rings. The lowest BCUT2D eigenvalue weighted by atomic mass is 10.1. The number of hydrogen-bond acceptors (Lipinski definition) is 6. The molecule has 0 spiro atoms. The molecule has 6 nitrogen and oxygen atoms in total. The molecule has 3 heterocycles. The molecule has 0 bridgehead atoms. The van der Waals surface area contributed by atoms with E-state index in [-0.39, 0.29) is 5.91 Å². The zero-order valence-electron chi connectivity index (χ0n) is 15.9. The van der Waals surface area contributed by atoms with Gasteiger partial charge in [-0.3, -0.25) is 9.78 Å². The van der Waals surface area contributed by atoms with Crippen LogP contribution in [0.2, 0.25) is 0 Å². The highest BCUT2D eigenvalue weighted by Gasteiger charge is 2.23. The standard InChI is InChI=1S/C22H19N5OS/c1-13(28)24-15-7-9-16(10-8-15)25-21-19-17-5-2-6-18(17)29-22(19)27-20(26-21)14-4-3-11-23-12-14/h3-4,7-12H,2,5-6H2,1H3,(H,24,28)(H,25,26,27). The molecule has 4 aromatic rings. The molecule has 0 saturated carbocycles. The fourth-order valence-corrected chi connectivity index (χ4v) is 4.95. The van der Waals surface area contributed by atoms with Gasteiger partial charge in [0.25, 0.3) is 0 Å². The summed E-state index contributed by atoms with van der Waals surface area (Å²) in [5.74, 6) is 1.40. The van der Waals surface area contributed by atoms with Gasteiger partial charge in [0, 0.05) is 41.1 Å². The van der Waals surface area contributed by atoms with E-state index in [0.717, 1.165) is 45.8 Å². The first-order valence-corrected chi connectivity index (χ1v) is 10.4. The lowest BCUT2D eigenvalue weighted by Gasteiger charge is -2.11. The van der Waals surface area contributed by atoms with Crippen LogP contribution in [0.4, 0.5) is 17.2 Å². The van der Waals surface area contributed by atoms with Crippen LogP contribution in [0.1, 0.15) is 23.8 Å². The normalized spacial score (nSPS) is 12.7. The number of amides is 1. The van der Waals surface area contributed by atoms with Crippen LogP contribution < -0.4 is 10.6 Å². The topological polar surface area (TPSA) is 79.8 Å². The molecule has 7 heteroatoms. The van der Waals surface area contributed by atoms with Crippen molar-refractivity contribution in [1.82, 2.24) is 15.0 Å². The third-order valence-electron chi connectivity index (χ3n) is 4.95. The summed E-state index contributed by atoms with van der Waals surface area (Å²) < 4.78 is 0. The predicted molar refractivity (Wildman–Crippen MR) is 117 cm³/mol. The van der Waals surface area contributed by atoms with Crippen LogP contribution in [0.5, 0.6) is 0 Å². The van der Waals surface area contributed by atoms with E-state index in [4.69, 9.17) is 9.97 Å². The Morgan fingerprint density at radius 1 is 1.07 bits per heavy atom. The molecular weight excluding hydrogens is 382 g/mol. The summed E-state index contributed by atoms with van der Waals surface area (Å²) in [7, 11) is 0. The van der Waals surface area contributed by atoms with Crippen molar-refractivity contribution in [2.75, 3.05) is 10.6 Å². The Labute approximate surface area is 172 Å². The number of thiophene rings is 1. The van der Waals surface area contributed by atoms with E-state index < -0.39 is 0 Å². The van der Waals surface area contributed by atoms with Crippen molar-refractivity contribution < 1.29 is 4.79 Å². The lowest BCUT2D eigenvalue weighted by Crippen LogP contribution is -2.05. The molecule has 0 aliphatic heterocycles. The van der Waals surface area contributed by atoms with E-state index in [1.807, 2.05) is 36.4 Å². The Morgan fingerprint density at radius 2 is 1.90 bits per heavy atom. The van der Waals surface area contributed by atoms with Gasteiger partial charge in [-0.2, -0.15) is 0 Å². The number of nitrogens with one attached hydrogen (secondary N) is 2. The number of rotatable bonds is 4. The molecule has 0 atom stereocenters. The Kier molecular flexibility index (Phi) is 4.44. The average Bonchev–Trinajstić information content (AvgIpc) is 3.30. The number of pyridine rings is 1. The van der Waals surface area contributed by atoms with Gasteiger partial charge < -0.3 is 10.6 Å². The van der Waals surface area contributed by atoms with Gasteiger partial charge in [-0.15, -0.1) is 11.3 Å².